The molecule has 0 fully saturated rings. The Balaban J connectivity index is 1.78. The highest BCUT2D eigenvalue weighted by molar-refractivity contribution is 8.00. The highest BCUT2D eigenvalue weighted by Gasteiger charge is 2.05. The summed E-state index contributed by atoms with van der Waals surface area (Å²) < 4.78 is 0. The van der Waals surface area contributed by atoms with Crippen molar-refractivity contribution in [2.45, 2.75) is 37.3 Å². The Kier molecular flexibility index (Phi) is 8.12. The van der Waals surface area contributed by atoms with Crippen LogP contribution in [-0.2, 0) is 6.42 Å². The van der Waals surface area contributed by atoms with Gasteiger partial charge < -0.3 is 10.6 Å². The maximum Gasteiger partial charge on any atom is 0.191 e. The number of benzene rings is 1. The number of nitrogens with one attached hydrogen (secondary N) is 2. The second-order valence-corrected chi connectivity index (χ2v) is 8.07. The van der Waals surface area contributed by atoms with Crippen molar-refractivity contribution in [3.8, 4) is 0 Å². The van der Waals surface area contributed by atoms with Gasteiger partial charge in [0.25, 0.3) is 0 Å². The third-order valence-corrected chi connectivity index (χ3v) is 5.19. The molecule has 0 saturated heterocycles. The van der Waals surface area contributed by atoms with Crippen LogP contribution in [0.1, 0.15) is 24.5 Å². The topological polar surface area (TPSA) is 49.3 Å². The lowest BCUT2D eigenvalue weighted by atomic mass is 10.3. The predicted octanol–water partition coefficient (Wildman–Crippen LogP) is 3.73. The number of aryl methyl sites for hydroxylation is 1. The van der Waals surface area contributed by atoms with Crippen molar-refractivity contribution in [1.29, 1.82) is 0 Å². The Bertz CT molecular complexity index is 625. The zero-order chi connectivity index (χ0) is 17.2. The van der Waals surface area contributed by atoms with E-state index in [-0.39, 0.29) is 0 Å². The Morgan fingerprint density at radius 2 is 2.08 bits per heavy atom. The highest BCUT2D eigenvalue weighted by Crippen LogP contribution is 2.22. The fourth-order valence-corrected chi connectivity index (χ4v) is 3.74. The molecule has 0 aliphatic rings. The minimum Gasteiger partial charge on any atom is -0.357 e. The molecule has 1 atom stereocenters. The molecular weight excluding hydrogens is 336 g/mol. The van der Waals surface area contributed by atoms with Crippen LogP contribution in [0.5, 0.6) is 0 Å². The van der Waals surface area contributed by atoms with E-state index in [9.17, 15) is 0 Å². The van der Waals surface area contributed by atoms with Crippen LogP contribution >= 0.6 is 23.1 Å². The molecule has 1 aromatic heterocycles. The molecule has 4 nitrogen and oxygen atoms in total. The molecule has 0 saturated carbocycles. The largest absolute Gasteiger partial charge is 0.357 e. The first-order chi connectivity index (χ1) is 11.7. The van der Waals surface area contributed by atoms with Gasteiger partial charge in [-0.05, 0) is 26.0 Å². The second-order valence-electron chi connectivity index (χ2n) is 5.50. The van der Waals surface area contributed by atoms with Gasteiger partial charge in [0.2, 0.25) is 0 Å². The monoisotopic (exact) mass is 362 g/mol. The van der Waals surface area contributed by atoms with Gasteiger partial charge in [-0.25, -0.2) is 4.98 Å². The lowest BCUT2D eigenvalue weighted by Crippen LogP contribution is -2.38. The standard InChI is InChI=1S/C18H26N4S2/c1-4-19-18(20-11-10-16-13-23-15(3)22-16)21-12-14(2)24-17-8-6-5-7-9-17/h5-9,13-14H,4,10-12H2,1-3H3,(H2,19,20,21). The molecule has 2 aromatic rings. The fourth-order valence-electron chi connectivity index (χ4n) is 2.16. The molecule has 0 spiro atoms. The summed E-state index contributed by atoms with van der Waals surface area (Å²) in [6.45, 7) is 8.83. The van der Waals surface area contributed by atoms with E-state index in [1.54, 1.807) is 11.3 Å². The average Bonchev–Trinajstić information content (AvgIpc) is 2.99. The van der Waals surface area contributed by atoms with Gasteiger partial charge in [-0.2, -0.15) is 0 Å². The number of thioether (sulfide) groups is 1. The quantitative estimate of drug-likeness (QED) is 0.427. The smallest absolute Gasteiger partial charge is 0.191 e. The van der Waals surface area contributed by atoms with E-state index in [1.807, 2.05) is 24.8 Å². The van der Waals surface area contributed by atoms with Crippen LogP contribution in [0.2, 0.25) is 0 Å². The summed E-state index contributed by atoms with van der Waals surface area (Å²) in [5, 5.41) is 10.4. The molecule has 0 bridgehead atoms. The van der Waals surface area contributed by atoms with E-state index >= 15 is 0 Å². The summed E-state index contributed by atoms with van der Waals surface area (Å²) in [6.07, 6.45) is 0.920. The first-order valence-corrected chi connectivity index (χ1v) is 10.1. The zero-order valence-electron chi connectivity index (χ0n) is 14.6. The molecule has 0 amide bonds. The molecule has 0 aliphatic heterocycles. The molecule has 1 aromatic carbocycles. The van der Waals surface area contributed by atoms with Gasteiger partial charge in [0, 0.05) is 35.0 Å². The molecule has 2 N–H and O–H groups in total. The summed E-state index contributed by atoms with van der Waals surface area (Å²) in [7, 11) is 0. The first-order valence-electron chi connectivity index (χ1n) is 8.32. The molecule has 6 heteroatoms. The van der Waals surface area contributed by atoms with Gasteiger partial charge in [0.1, 0.15) is 0 Å². The van der Waals surface area contributed by atoms with Crippen molar-refractivity contribution in [3.63, 3.8) is 0 Å². The van der Waals surface area contributed by atoms with Crippen molar-refractivity contribution in [2.75, 3.05) is 19.6 Å². The minimum atomic E-state index is 0.434. The number of rotatable bonds is 8. The lowest BCUT2D eigenvalue weighted by Gasteiger charge is -2.13. The van der Waals surface area contributed by atoms with Gasteiger partial charge in [0.05, 0.1) is 17.2 Å². The zero-order valence-corrected chi connectivity index (χ0v) is 16.2. The van der Waals surface area contributed by atoms with Crippen LogP contribution < -0.4 is 10.6 Å². The van der Waals surface area contributed by atoms with Crippen molar-refractivity contribution in [3.05, 3.63) is 46.4 Å². The van der Waals surface area contributed by atoms with E-state index in [0.29, 0.717) is 5.25 Å². The highest BCUT2D eigenvalue weighted by atomic mass is 32.2. The molecule has 0 radical (unpaired) electrons. The molecular formula is C18H26N4S2. The minimum absolute atomic E-state index is 0.434. The Morgan fingerprint density at radius 3 is 2.75 bits per heavy atom. The van der Waals surface area contributed by atoms with Crippen molar-refractivity contribution in [1.82, 2.24) is 15.6 Å². The number of aliphatic imine (C=N–C) groups is 1. The number of hydrogen-bond donors (Lipinski definition) is 2. The summed E-state index contributed by atoms with van der Waals surface area (Å²) in [5.74, 6) is 0.880. The molecule has 0 aliphatic carbocycles. The molecule has 2 rings (SSSR count). The van der Waals surface area contributed by atoms with E-state index in [0.717, 1.165) is 42.7 Å². The van der Waals surface area contributed by atoms with Crippen molar-refractivity contribution >= 4 is 29.1 Å². The number of hydrogen-bond acceptors (Lipinski definition) is 4. The molecule has 1 unspecified atom stereocenters. The van der Waals surface area contributed by atoms with Crippen LogP contribution in [0.15, 0.2) is 45.6 Å². The molecule has 24 heavy (non-hydrogen) atoms. The van der Waals surface area contributed by atoms with Gasteiger partial charge in [-0.3, -0.25) is 4.99 Å². The van der Waals surface area contributed by atoms with Crippen LogP contribution in [0, 0.1) is 6.92 Å². The maximum absolute atomic E-state index is 4.70. The number of guanidine groups is 1. The third kappa shape index (κ3) is 6.93. The first kappa shape index (κ1) is 18.8. The van der Waals surface area contributed by atoms with Crippen LogP contribution in [0.4, 0.5) is 0 Å². The molecule has 1 heterocycles. The summed E-state index contributed by atoms with van der Waals surface area (Å²) in [4.78, 5) is 10.5. The third-order valence-electron chi connectivity index (χ3n) is 3.27. The van der Waals surface area contributed by atoms with E-state index < -0.39 is 0 Å². The average molecular weight is 363 g/mol. The number of nitrogens with zero attached hydrogens (tertiary/aromatic N) is 2. The predicted molar refractivity (Wildman–Crippen MR) is 106 cm³/mol. The Morgan fingerprint density at radius 1 is 1.29 bits per heavy atom. The Labute approximate surface area is 153 Å². The molecule has 130 valence electrons. The van der Waals surface area contributed by atoms with E-state index in [2.05, 4.69) is 59.1 Å². The van der Waals surface area contributed by atoms with Crippen molar-refractivity contribution < 1.29 is 0 Å². The van der Waals surface area contributed by atoms with Gasteiger partial charge in [0.15, 0.2) is 5.96 Å². The SMILES string of the molecule is CCNC(=NCC(C)Sc1ccccc1)NCCc1csc(C)n1. The fraction of sp³-hybridized carbons (Fsp3) is 0.444. The van der Waals surface area contributed by atoms with Crippen LogP contribution in [0.3, 0.4) is 0 Å². The van der Waals surface area contributed by atoms with Gasteiger partial charge in [-0.15, -0.1) is 23.1 Å². The van der Waals surface area contributed by atoms with Crippen LogP contribution in [-0.4, -0.2) is 35.8 Å². The van der Waals surface area contributed by atoms with Crippen molar-refractivity contribution in [2.24, 2.45) is 4.99 Å². The van der Waals surface area contributed by atoms with Gasteiger partial charge >= 0.3 is 0 Å². The maximum atomic E-state index is 4.70. The normalized spacial score (nSPS) is 12.9. The Hall–Kier alpha value is -1.53. The summed E-state index contributed by atoms with van der Waals surface area (Å²) in [5.41, 5.74) is 1.15. The van der Waals surface area contributed by atoms with E-state index in [1.165, 1.54) is 4.90 Å². The number of aromatic nitrogens is 1. The van der Waals surface area contributed by atoms with Crippen LogP contribution in [0.25, 0.3) is 0 Å². The number of thiazole rings is 1. The summed E-state index contributed by atoms with van der Waals surface area (Å²) in [6, 6.07) is 10.5. The summed E-state index contributed by atoms with van der Waals surface area (Å²) >= 11 is 3.56. The van der Waals surface area contributed by atoms with E-state index in [4.69, 9.17) is 4.99 Å². The second kappa shape index (κ2) is 10.4. The van der Waals surface area contributed by atoms with Gasteiger partial charge in [-0.1, -0.05) is 25.1 Å². The lowest BCUT2D eigenvalue weighted by molar-refractivity contribution is 0.787.